The highest BCUT2D eigenvalue weighted by molar-refractivity contribution is 7.17. The number of rotatable bonds is 4. The summed E-state index contributed by atoms with van der Waals surface area (Å²) in [4.78, 5) is 15.2. The number of amides is 1. The number of carbonyl (C=O) groups is 1. The van der Waals surface area contributed by atoms with Gasteiger partial charge in [0.2, 0.25) is 0 Å². The van der Waals surface area contributed by atoms with E-state index in [1.807, 2.05) is 12.1 Å². The van der Waals surface area contributed by atoms with Crippen molar-refractivity contribution in [2.45, 2.75) is 6.42 Å². The second kappa shape index (κ2) is 6.09. The molecular formula is C19H15FN2OS. The van der Waals surface area contributed by atoms with Crippen molar-refractivity contribution >= 4 is 38.2 Å². The molecule has 0 atom stereocenters. The van der Waals surface area contributed by atoms with Gasteiger partial charge in [-0.15, -0.1) is 11.3 Å². The van der Waals surface area contributed by atoms with Gasteiger partial charge in [0.1, 0.15) is 11.5 Å². The Morgan fingerprint density at radius 1 is 1.12 bits per heavy atom. The number of nitrogens with one attached hydrogen (secondary N) is 2. The molecule has 0 radical (unpaired) electrons. The smallest absolute Gasteiger partial charge is 0.267 e. The Kier molecular flexibility index (Phi) is 3.78. The lowest BCUT2D eigenvalue weighted by molar-refractivity contribution is 0.0950. The van der Waals surface area contributed by atoms with Crippen molar-refractivity contribution in [3.8, 4) is 0 Å². The molecule has 5 heteroatoms. The number of hydrogen-bond donors (Lipinski definition) is 2. The molecular weight excluding hydrogens is 323 g/mol. The molecule has 4 aromatic rings. The highest BCUT2D eigenvalue weighted by Crippen LogP contribution is 2.25. The Bertz CT molecular complexity index is 1030. The first-order chi connectivity index (χ1) is 11.7. The van der Waals surface area contributed by atoms with Crippen molar-refractivity contribution in [3.63, 3.8) is 0 Å². The highest BCUT2D eigenvalue weighted by Gasteiger charge is 2.11. The second-order valence-electron chi connectivity index (χ2n) is 5.65. The zero-order chi connectivity index (χ0) is 16.5. The number of H-pyrrole nitrogens is 1. The summed E-state index contributed by atoms with van der Waals surface area (Å²) in [6, 6.07) is 14.6. The maximum Gasteiger partial charge on any atom is 0.267 e. The minimum atomic E-state index is -0.326. The SMILES string of the molecule is O=C(NCCc1csc2ccccc12)c1cc2c(F)cccc2[nH]1. The first-order valence-corrected chi connectivity index (χ1v) is 8.61. The number of benzene rings is 2. The molecule has 0 saturated carbocycles. The Labute approximate surface area is 142 Å². The van der Waals surface area contributed by atoms with Crippen LogP contribution in [0.1, 0.15) is 16.1 Å². The Morgan fingerprint density at radius 3 is 2.88 bits per heavy atom. The van der Waals surface area contributed by atoms with E-state index in [0.29, 0.717) is 23.1 Å². The van der Waals surface area contributed by atoms with Crippen molar-refractivity contribution in [2.75, 3.05) is 6.54 Å². The van der Waals surface area contributed by atoms with Crippen LogP contribution in [0.4, 0.5) is 4.39 Å². The lowest BCUT2D eigenvalue weighted by atomic mass is 10.1. The minimum absolute atomic E-state index is 0.217. The highest BCUT2D eigenvalue weighted by atomic mass is 32.1. The molecule has 0 aliphatic rings. The Hall–Kier alpha value is -2.66. The maximum atomic E-state index is 13.7. The fourth-order valence-electron chi connectivity index (χ4n) is 2.87. The van der Waals surface area contributed by atoms with Gasteiger partial charge in [-0.05, 0) is 47.0 Å². The lowest BCUT2D eigenvalue weighted by Crippen LogP contribution is -2.25. The molecule has 0 fully saturated rings. The van der Waals surface area contributed by atoms with Gasteiger partial charge in [-0.25, -0.2) is 4.39 Å². The first kappa shape index (κ1) is 14.9. The van der Waals surface area contributed by atoms with Gasteiger partial charge < -0.3 is 10.3 Å². The van der Waals surface area contributed by atoms with E-state index >= 15 is 0 Å². The van der Waals surface area contributed by atoms with E-state index in [9.17, 15) is 9.18 Å². The maximum absolute atomic E-state index is 13.7. The predicted molar refractivity (Wildman–Crippen MR) is 96.1 cm³/mol. The number of aromatic nitrogens is 1. The van der Waals surface area contributed by atoms with Crippen LogP contribution in [0.15, 0.2) is 53.9 Å². The molecule has 2 N–H and O–H groups in total. The van der Waals surface area contributed by atoms with Crippen LogP contribution in [-0.4, -0.2) is 17.4 Å². The fourth-order valence-corrected chi connectivity index (χ4v) is 3.87. The van der Waals surface area contributed by atoms with Gasteiger partial charge in [-0.2, -0.15) is 0 Å². The normalized spacial score (nSPS) is 11.2. The average molecular weight is 338 g/mol. The van der Waals surface area contributed by atoms with Crippen LogP contribution in [0.2, 0.25) is 0 Å². The third-order valence-corrected chi connectivity index (χ3v) is 5.11. The van der Waals surface area contributed by atoms with E-state index in [1.165, 1.54) is 21.7 Å². The van der Waals surface area contributed by atoms with Gasteiger partial charge in [0.05, 0.1) is 0 Å². The summed E-state index contributed by atoms with van der Waals surface area (Å²) in [5.41, 5.74) is 2.24. The molecule has 120 valence electrons. The van der Waals surface area contributed by atoms with Crippen LogP contribution < -0.4 is 5.32 Å². The summed E-state index contributed by atoms with van der Waals surface area (Å²) >= 11 is 1.71. The molecule has 0 aliphatic heterocycles. The van der Waals surface area contributed by atoms with E-state index in [-0.39, 0.29) is 11.7 Å². The number of hydrogen-bond acceptors (Lipinski definition) is 2. The zero-order valence-corrected chi connectivity index (χ0v) is 13.6. The van der Waals surface area contributed by atoms with Crippen LogP contribution in [0.3, 0.4) is 0 Å². The Morgan fingerprint density at radius 2 is 2.00 bits per heavy atom. The molecule has 0 spiro atoms. The molecule has 3 nitrogen and oxygen atoms in total. The number of thiophene rings is 1. The van der Waals surface area contributed by atoms with Crippen molar-refractivity contribution in [2.24, 2.45) is 0 Å². The third-order valence-electron chi connectivity index (χ3n) is 4.10. The zero-order valence-electron chi connectivity index (χ0n) is 12.8. The summed E-state index contributed by atoms with van der Waals surface area (Å²) in [5.74, 6) is -0.544. The van der Waals surface area contributed by atoms with Crippen molar-refractivity contribution in [1.82, 2.24) is 10.3 Å². The van der Waals surface area contributed by atoms with Gasteiger partial charge in [0.15, 0.2) is 0 Å². The van der Waals surface area contributed by atoms with Crippen LogP contribution in [0, 0.1) is 5.82 Å². The van der Waals surface area contributed by atoms with Gasteiger partial charge in [-0.1, -0.05) is 24.3 Å². The fraction of sp³-hybridized carbons (Fsp3) is 0.105. The summed E-state index contributed by atoms with van der Waals surface area (Å²) in [7, 11) is 0. The van der Waals surface area contributed by atoms with Crippen molar-refractivity contribution in [3.05, 3.63) is 71.0 Å². The first-order valence-electron chi connectivity index (χ1n) is 7.73. The molecule has 0 bridgehead atoms. The van der Waals surface area contributed by atoms with E-state index in [2.05, 4.69) is 27.8 Å². The summed E-state index contributed by atoms with van der Waals surface area (Å²) < 4.78 is 15.0. The van der Waals surface area contributed by atoms with E-state index in [0.717, 1.165) is 6.42 Å². The number of halogens is 1. The van der Waals surface area contributed by atoms with Gasteiger partial charge >= 0.3 is 0 Å². The summed E-state index contributed by atoms with van der Waals surface area (Å²) in [6.07, 6.45) is 0.768. The van der Waals surface area contributed by atoms with Crippen LogP contribution in [-0.2, 0) is 6.42 Å². The molecule has 0 saturated heterocycles. The monoisotopic (exact) mass is 338 g/mol. The molecule has 4 rings (SSSR count). The number of carbonyl (C=O) groups excluding carboxylic acids is 1. The molecule has 0 aliphatic carbocycles. The Balaban J connectivity index is 1.45. The summed E-state index contributed by atoms with van der Waals surface area (Å²) in [6.45, 7) is 0.539. The van der Waals surface area contributed by atoms with E-state index in [4.69, 9.17) is 0 Å². The molecule has 2 heterocycles. The van der Waals surface area contributed by atoms with E-state index < -0.39 is 0 Å². The molecule has 2 aromatic carbocycles. The average Bonchev–Trinajstić information content (AvgIpc) is 3.20. The van der Waals surface area contributed by atoms with Gasteiger partial charge in [0.25, 0.3) is 5.91 Å². The summed E-state index contributed by atoms with van der Waals surface area (Å²) in [5, 5.41) is 6.71. The predicted octanol–water partition coefficient (Wildman–Crippen LogP) is 4.49. The van der Waals surface area contributed by atoms with Crippen molar-refractivity contribution in [1.29, 1.82) is 0 Å². The standard InChI is InChI=1S/C19H15FN2OS/c20-15-5-3-6-16-14(15)10-17(22-16)19(23)21-9-8-12-11-24-18-7-2-1-4-13(12)18/h1-7,10-11,22H,8-9H2,(H,21,23). The third kappa shape index (κ3) is 2.67. The van der Waals surface area contributed by atoms with Crippen LogP contribution in [0.25, 0.3) is 21.0 Å². The molecule has 2 aromatic heterocycles. The van der Waals surface area contributed by atoms with Crippen LogP contribution >= 0.6 is 11.3 Å². The van der Waals surface area contributed by atoms with Gasteiger partial charge in [-0.3, -0.25) is 4.79 Å². The molecule has 0 unspecified atom stereocenters. The van der Waals surface area contributed by atoms with Gasteiger partial charge in [0, 0.05) is 22.1 Å². The second-order valence-corrected chi connectivity index (χ2v) is 6.56. The quantitative estimate of drug-likeness (QED) is 0.565. The number of aromatic amines is 1. The minimum Gasteiger partial charge on any atom is -0.350 e. The number of fused-ring (bicyclic) bond motifs is 2. The van der Waals surface area contributed by atoms with E-state index in [1.54, 1.807) is 29.5 Å². The topological polar surface area (TPSA) is 44.9 Å². The lowest BCUT2D eigenvalue weighted by Gasteiger charge is -2.03. The van der Waals surface area contributed by atoms with Crippen LogP contribution in [0.5, 0.6) is 0 Å². The molecule has 1 amide bonds. The van der Waals surface area contributed by atoms with Crippen molar-refractivity contribution < 1.29 is 9.18 Å². The molecule has 24 heavy (non-hydrogen) atoms. The largest absolute Gasteiger partial charge is 0.350 e.